The minimum absolute atomic E-state index is 0.334. The van der Waals surface area contributed by atoms with E-state index in [4.69, 9.17) is 21.5 Å². The molecule has 104 valence electrons. The number of oxime groups is 1. The molecule has 1 aromatic carbocycles. The molecule has 1 heterocycles. The molecule has 0 fully saturated rings. The SMILES string of the molecule is CCC(=NO)c1ccccc1OCc1ccncc1Cl. The molecular formula is C15H15ClN2O2. The summed E-state index contributed by atoms with van der Waals surface area (Å²) in [6.07, 6.45) is 3.87. The van der Waals surface area contributed by atoms with Gasteiger partial charge in [-0.25, -0.2) is 0 Å². The molecule has 1 aromatic heterocycles. The van der Waals surface area contributed by atoms with Gasteiger partial charge < -0.3 is 9.94 Å². The predicted octanol–water partition coefficient (Wildman–Crippen LogP) is 3.90. The fourth-order valence-electron chi connectivity index (χ4n) is 1.82. The smallest absolute Gasteiger partial charge is 0.128 e. The van der Waals surface area contributed by atoms with Crippen LogP contribution in [0.3, 0.4) is 0 Å². The second kappa shape index (κ2) is 6.91. The van der Waals surface area contributed by atoms with Crippen LogP contribution in [0.25, 0.3) is 0 Å². The quantitative estimate of drug-likeness (QED) is 0.516. The zero-order chi connectivity index (χ0) is 14.4. The highest BCUT2D eigenvalue weighted by Crippen LogP contribution is 2.23. The third-order valence-electron chi connectivity index (χ3n) is 2.89. The second-order valence-electron chi connectivity index (χ2n) is 4.15. The van der Waals surface area contributed by atoms with Crippen molar-refractivity contribution >= 4 is 17.3 Å². The van der Waals surface area contributed by atoms with Gasteiger partial charge in [0.2, 0.25) is 0 Å². The molecule has 4 nitrogen and oxygen atoms in total. The lowest BCUT2D eigenvalue weighted by molar-refractivity contribution is 0.303. The van der Waals surface area contributed by atoms with Gasteiger partial charge in [-0.1, -0.05) is 35.8 Å². The molecule has 0 bridgehead atoms. The molecule has 0 saturated heterocycles. The van der Waals surface area contributed by atoms with Crippen LogP contribution >= 0.6 is 11.6 Å². The number of hydrogen-bond donors (Lipinski definition) is 1. The van der Waals surface area contributed by atoms with Crippen LogP contribution in [-0.4, -0.2) is 15.9 Å². The van der Waals surface area contributed by atoms with Crippen molar-refractivity contribution in [3.63, 3.8) is 0 Å². The number of nitrogens with zero attached hydrogens (tertiary/aromatic N) is 2. The first kappa shape index (κ1) is 14.3. The monoisotopic (exact) mass is 290 g/mol. The summed E-state index contributed by atoms with van der Waals surface area (Å²) in [5, 5.41) is 12.9. The molecule has 0 amide bonds. The molecule has 0 spiro atoms. The Kier molecular flexibility index (Phi) is 4.96. The topological polar surface area (TPSA) is 54.7 Å². The molecule has 2 aromatic rings. The lowest BCUT2D eigenvalue weighted by atomic mass is 10.1. The summed E-state index contributed by atoms with van der Waals surface area (Å²) in [5.74, 6) is 0.662. The number of benzene rings is 1. The van der Waals surface area contributed by atoms with Crippen LogP contribution < -0.4 is 4.74 Å². The summed E-state index contributed by atoms with van der Waals surface area (Å²) < 4.78 is 5.78. The van der Waals surface area contributed by atoms with Crippen molar-refractivity contribution in [1.82, 2.24) is 4.98 Å². The number of hydrogen-bond acceptors (Lipinski definition) is 4. The zero-order valence-electron chi connectivity index (χ0n) is 11.1. The van der Waals surface area contributed by atoms with Gasteiger partial charge in [-0.2, -0.15) is 0 Å². The molecule has 0 unspecified atom stereocenters. The third kappa shape index (κ3) is 3.27. The van der Waals surface area contributed by atoms with E-state index in [0.29, 0.717) is 29.5 Å². The minimum atomic E-state index is 0.334. The normalized spacial score (nSPS) is 11.4. The lowest BCUT2D eigenvalue weighted by Gasteiger charge is -2.12. The number of aromatic nitrogens is 1. The maximum absolute atomic E-state index is 9.04. The highest BCUT2D eigenvalue weighted by Gasteiger charge is 2.10. The van der Waals surface area contributed by atoms with E-state index in [2.05, 4.69) is 10.1 Å². The molecule has 0 aliphatic heterocycles. The van der Waals surface area contributed by atoms with Gasteiger partial charge in [-0.3, -0.25) is 4.98 Å². The van der Waals surface area contributed by atoms with E-state index in [9.17, 15) is 0 Å². The van der Waals surface area contributed by atoms with E-state index in [1.807, 2.05) is 37.3 Å². The number of halogens is 1. The van der Waals surface area contributed by atoms with Gasteiger partial charge in [-0.05, 0) is 24.6 Å². The largest absolute Gasteiger partial charge is 0.488 e. The average molecular weight is 291 g/mol. The van der Waals surface area contributed by atoms with Crippen LogP contribution in [-0.2, 0) is 6.61 Å². The number of rotatable bonds is 5. The Morgan fingerprint density at radius 1 is 1.35 bits per heavy atom. The van der Waals surface area contributed by atoms with Gasteiger partial charge in [-0.15, -0.1) is 0 Å². The Bertz CT molecular complexity index is 614. The summed E-state index contributed by atoms with van der Waals surface area (Å²) in [4.78, 5) is 3.93. The van der Waals surface area contributed by atoms with E-state index >= 15 is 0 Å². The van der Waals surface area contributed by atoms with Crippen LogP contribution in [0.15, 0.2) is 47.9 Å². The average Bonchev–Trinajstić information content (AvgIpc) is 2.49. The Balaban J connectivity index is 2.20. The van der Waals surface area contributed by atoms with Gasteiger partial charge in [0.25, 0.3) is 0 Å². The van der Waals surface area contributed by atoms with Gasteiger partial charge in [0.1, 0.15) is 12.4 Å². The first-order valence-corrected chi connectivity index (χ1v) is 6.65. The van der Waals surface area contributed by atoms with Crippen LogP contribution in [0.4, 0.5) is 0 Å². The highest BCUT2D eigenvalue weighted by molar-refractivity contribution is 6.31. The Morgan fingerprint density at radius 3 is 2.85 bits per heavy atom. The summed E-state index contributed by atoms with van der Waals surface area (Å²) in [6.45, 7) is 2.26. The Labute approximate surface area is 122 Å². The Hall–Kier alpha value is -2.07. The summed E-state index contributed by atoms with van der Waals surface area (Å²) in [6, 6.07) is 9.26. The van der Waals surface area contributed by atoms with Crippen molar-refractivity contribution in [3.8, 4) is 5.75 Å². The minimum Gasteiger partial charge on any atom is -0.488 e. The molecule has 0 radical (unpaired) electrons. The summed E-state index contributed by atoms with van der Waals surface area (Å²) in [7, 11) is 0. The maximum Gasteiger partial charge on any atom is 0.128 e. The molecule has 0 aliphatic carbocycles. The number of pyridine rings is 1. The molecular weight excluding hydrogens is 276 g/mol. The van der Waals surface area contributed by atoms with Gasteiger partial charge in [0, 0.05) is 23.5 Å². The maximum atomic E-state index is 9.04. The molecule has 2 rings (SSSR count). The molecule has 20 heavy (non-hydrogen) atoms. The molecule has 0 atom stereocenters. The molecule has 5 heteroatoms. The molecule has 0 aliphatic rings. The van der Waals surface area contributed by atoms with Crippen molar-refractivity contribution in [3.05, 3.63) is 58.9 Å². The van der Waals surface area contributed by atoms with Gasteiger partial charge >= 0.3 is 0 Å². The number of para-hydroxylation sites is 1. The predicted molar refractivity (Wildman–Crippen MR) is 78.6 cm³/mol. The number of ether oxygens (including phenoxy) is 1. The first-order valence-electron chi connectivity index (χ1n) is 6.27. The van der Waals surface area contributed by atoms with Crippen molar-refractivity contribution < 1.29 is 9.94 Å². The van der Waals surface area contributed by atoms with Gasteiger partial charge in [0.15, 0.2) is 0 Å². The lowest BCUT2D eigenvalue weighted by Crippen LogP contribution is -2.04. The van der Waals surface area contributed by atoms with Crippen LogP contribution in [0.5, 0.6) is 5.75 Å². The summed E-state index contributed by atoms with van der Waals surface area (Å²) in [5.41, 5.74) is 2.22. The molecule has 0 saturated carbocycles. The van der Waals surface area contributed by atoms with E-state index in [1.54, 1.807) is 12.4 Å². The van der Waals surface area contributed by atoms with Crippen molar-refractivity contribution in [2.75, 3.05) is 0 Å². The van der Waals surface area contributed by atoms with Crippen molar-refractivity contribution in [1.29, 1.82) is 0 Å². The Morgan fingerprint density at radius 2 is 2.15 bits per heavy atom. The summed E-state index contributed by atoms with van der Waals surface area (Å²) >= 11 is 6.04. The van der Waals surface area contributed by atoms with E-state index in [-0.39, 0.29) is 0 Å². The van der Waals surface area contributed by atoms with E-state index in [1.165, 1.54) is 0 Å². The fourth-order valence-corrected chi connectivity index (χ4v) is 2.00. The van der Waals surface area contributed by atoms with Crippen LogP contribution in [0.2, 0.25) is 5.02 Å². The van der Waals surface area contributed by atoms with Crippen LogP contribution in [0, 0.1) is 0 Å². The van der Waals surface area contributed by atoms with E-state index < -0.39 is 0 Å². The van der Waals surface area contributed by atoms with Crippen molar-refractivity contribution in [2.45, 2.75) is 20.0 Å². The third-order valence-corrected chi connectivity index (χ3v) is 3.23. The zero-order valence-corrected chi connectivity index (χ0v) is 11.8. The molecule has 1 N–H and O–H groups in total. The highest BCUT2D eigenvalue weighted by atomic mass is 35.5. The fraction of sp³-hybridized carbons (Fsp3) is 0.200. The van der Waals surface area contributed by atoms with Gasteiger partial charge in [0.05, 0.1) is 10.7 Å². The second-order valence-corrected chi connectivity index (χ2v) is 4.56. The van der Waals surface area contributed by atoms with E-state index in [0.717, 1.165) is 11.1 Å². The first-order chi connectivity index (χ1) is 9.76. The van der Waals surface area contributed by atoms with Crippen molar-refractivity contribution in [2.24, 2.45) is 5.16 Å². The van der Waals surface area contributed by atoms with Crippen LogP contribution in [0.1, 0.15) is 24.5 Å². The standard InChI is InChI=1S/C15H15ClN2O2/c1-2-14(18-19)12-5-3-4-6-15(12)20-10-11-7-8-17-9-13(11)16/h3-9,19H,2,10H2,1H3.